The van der Waals surface area contributed by atoms with Gasteiger partial charge in [0.15, 0.2) is 0 Å². The molecular weight excluding hydrogens is 426 g/mol. The number of nitrogens with zero attached hydrogens (tertiary/aromatic N) is 3. The highest BCUT2D eigenvalue weighted by Crippen LogP contribution is 2.25. The second kappa shape index (κ2) is 11.5. The molecule has 1 saturated heterocycles. The van der Waals surface area contributed by atoms with E-state index in [-0.39, 0.29) is 0 Å². The van der Waals surface area contributed by atoms with Crippen LogP contribution in [0.3, 0.4) is 0 Å². The van der Waals surface area contributed by atoms with Gasteiger partial charge in [0.25, 0.3) is 0 Å². The quantitative estimate of drug-likeness (QED) is 0.439. The van der Waals surface area contributed by atoms with E-state index in [4.69, 9.17) is 9.47 Å². The van der Waals surface area contributed by atoms with Crippen LogP contribution in [0.2, 0.25) is 0 Å². The van der Waals surface area contributed by atoms with Gasteiger partial charge in [0, 0.05) is 32.0 Å². The average Bonchev–Trinajstić information content (AvgIpc) is 3.16. The fraction of sp³-hybridized carbons (Fsp3) is 0.464. The first-order valence-electron chi connectivity index (χ1n) is 12.3. The first-order valence-corrected chi connectivity index (χ1v) is 12.3. The zero-order chi connectivity index (χ0) is 23.8. The van der Waals surface area contributed by atoms with E-state index >= 15 is 0 Å². The summed E-state index contributed by atoms with van der Waals surface area (Å²) in [7, 11) is 0. The average molecular weight is 464 g/mol. The van der Waals surface area contributed by atoms with Crippen LogP contribution in [0.4, 0.5) is 0 Å². The van der Waals surface area contributed by atoms with Gasteiger partial charge < -0.3 is 19.1 Å². The maximum atomic E-state index is 11.1. The highest BCUT2D eigenvalue weighted by molar-refractivity contribution is 5.27. The van der Waals surface area contributed by atoms with Crippen molar-refractivity contribution in [1.29, 1.82) is 0 Å². The van der Waals surface area contributed by atoms with Gasteiger partial charge in [-0.15, -0.1) is 0 Å². The predicted octanol–water partition coefficient (Wildman–Crippen LogP) is 4.77. The van der Waals surface area contributed by atoms with Crippen molar-refractivity contribution in [3.63, 3.8) is 0 Å². The van der Waals surface area contributed by atoms with Gasteiger partial charge in [0.1, 0.15) is 23.9 Å². The van der Waals surface area contributed by atoms with Crippen LogP contribution in [-0.2, 0) is 13.1 Å². The number of imidazole rings is 1. The number of hydrogen-bond acceptors (Lipinski definition) is 5. The minimum Gasteiger partial charge on any atom is -0.494 e. The minimum atomic E-state index is -0.771. The minimum absolute atomic E-state index is 0.344. The summed E-state index contributed by atoms with van der Waals surface area (Å²) in [5, 5.41) is 11.1. The first-order chi connectivity index (χ1) is 16.5. The van der Waals surface area contributed by atoms with Gasteiger partial charge in [-0.2, -0.15) is 0 Å². The number of ether oxygens (including phenoxy) is 2. The highest BCUT2D eigenvalue weighted by Gasteiger charge is 2.31. The van der Waals surface area contributed by atoms with Gasteiger partial charge in [-0.1, -0.05) is 29.8 Å². The van der Waals surface area contributed by atoms with Crippen LogP contribution >= 0.6 is 0 Å². The molecule has 6 heteroatoms. The van der Waals surface area contributed by atoms with E-state index in [0.717, 1.165) is 69.2 Å². The lowest BCUT2D eigenvalue weighted by Gasteiger charge is -2.27. The van der Waals surface area contributed by atoms with Crippen molar-refractivity contribution < 1.29 is 14.6 Å². The van der Waals surface area contributed by atoms with Crippen LogP contribution in [0, 0.1) is 13.8 Å². The molecule has 182 valence electrons. The third-order valence-corrected chi connectivity index (χ3v) is 6.60. The molecular formula is C28H37N3O3. The Morgan fingerprint density at radius 1 is 0.941 bits per heavy atom. The summed E-state index contributed by atoms with van der Waals surface area (Å²) >= 11 is 0. The standard InChI is InChI=1S/C28H37N3O3/c1-23-5-9-27(10-6-23)34-22-28(32)13-3-16-30(18-14-28)21-25-7-11-26(12-8-25)33-20-4-17-31-19-15-29-24(31)2/h5-12,15,19,32H,3-4,13-14,16-18,20-22H2,1-2H3/t28-/m0/s1. The Balaban J connectivity index is 1.19. The highest BCUT2D eigenvalue weighted by atomic mass is 16.5. The molecule has 2 aromatic carbocycles. The summed E-state index contributed by atoms with van der Waals surface area (Å²) in [6, 6.07) is 16.4. The first kappa shape index (κ1) is 24.3. The zero-order valence-electron chi connectivity index (χ0n) is 20.4. The van der Waals surface area contributed by atoms with Crippen LogP contribution in [0.5, 0.6) is 11.5 Å². The maximum absolute atomic E-state index is 11.1. The van der Waals surface area contributed by atoms with Crippen LogP contribution < -0.4 is 9.47 Å². The molecule has 2 heterocycles. The lowest BCUT2D eigenvalue weighted by Crippen LogP contribution is -2.37. The molecule has 0 spiro atoms. The Hall–Kier alpha value is -2.83. The Morgan fingerprint density at radius 2 is 1.68 bits per heavy atom. The molecule has 0 bridgehead atoms. The molecule has 0 unspecified atom stereocenters. The Morgan fingerprint density at radius 3 is 2.41 bits per heavy atom. The fourth-order valence-corrected chi connectivity index (χ4v) is 4.40. The molecule has 1 aliphatic rings. The van der Waals surface area contributed by atoms with Crippen molar-refractivity contribution >= 4 is 0 Å². The summed E-state index contributed by atoms with van der Waals surface area (Å²) in [5.74, 6) is 2.76. The second-order valence-corrected chi connectivity index (χ2v) is 9.47. The van der Waals surface area contributed by atoms with Crippen LogP contribution in [0.15, 0.2) is 60.9 Å². The molecule has 6 nitrogen and oxygen atoms in total. The molecule has 1 atom stereocenters. The van der Waals surface area contributed by atoms with E-state index in [2.05, 4.69) is 45.6 Å². The molecule has 1 aliphatic heterocycles. The fourth-order valence-electron chi connectivity index (χ4n) is 4.40. The van der Waals surface area contributed by atoms with Crippen molar-refractivity contribution in [2.45, 2.75) is 58.2 Å². The topological polar surface area (TPSA) is 59.8 Å². The maximum Gasteiger partial charge on any atom is 0.119 e. The molecule has 34 heavy (non-hydrogen) atoms. The summed E-state index contributed by atoms with van der Waals surface area (Å²) in [4.78, 5) is 6.67. The van der Waals surface area contributed by atoms with Gasteiger partial charge in [0.05, 0.1) is 12.2 Å². The van der Waals surface area contributed by atoms with Crippen molar-refractivity contribution in [2.24, 2.45) is 0 Å². The van der Waals surface area contributed by atoms with E-state index in [0.29, 0.717) is 13.2 Å². The van der Waals surface area contributed by atoms with Gasteiger partial charge in [0.2, 0.25) is 0 Å². The number of hydrogen-bond donors (Lipinski definition) is 1. The molecule has 1 fully saturated rings. The van der Waals surface area contributed by atoms with Crippen LogP contribution in [0.1, 0.15) is 42.6 Å². The monoisotopic (exact) mass is 463 g/mol. The molecule has 0 radical (unpaired) electrons. The van der Waals surface area contributed by atoms with Crippen LogP contribution in [-0.4, -0.2) is 51.5 Å². The second-order valence-electron chi connectivity index (χ2n) is 9.47. The van der Waals surface area contributed by atoms with Crippen LogP contribution in [0.25, 0.3) is 0 Å². The molecule has 3 aromatic rings. The third-order valence-electron chi connectivity index (χ3n) is 6.60. The summed E-state index contributed by atoms with van der Waals surface area (Å²) in [6.45, 7) is 8.75. The largest absolute Gasteiger partial charge is 0.494 e. The number of rotatable bonds is 10. The normalized spacial score (nSPS) is 19.0. The smallest absolute Gasteiger partial charge is 0.119 e. The van der Waals surface area contributed by atoms with Crippen molar-refractivity contribution in [3.05, 3.63) is 77.9 Å². The molecule has 0 aliphatic carbocycles. The van der Waals surface area contributed by atoms with E-state index in [1.807, 2.05) is 43.6 Å². The van der Waals surface area contributed by atoms with Gasteiger partial charge in [-0.25, -0.2) is 4.98 Å². The molecule has 1 aromatic heterocycles. The molecule has 4 rings (SSSR count). The van der Waals surface area contributed by atoms with E-state index in [1.54, 1.807) is 0 Å². The molecule has 0 amide bonds. The Labute approximate surface area is 203 Å². The van der Waals surface area contributed by atoms with Gasteiger partial charge in [-0.05, 0) is 75.9 Å². The third kappa shape index (κ3) is 7.08. The number of aromatic nitrogens is 2. The lowest BCUT2D eigenvalue weighted by atomic mass is 9.96. The molecule has 0 saturated carbocycles. The van der Waals surface area contributed by atoms with E-state index in [1.165, 1.54) is 11.1 Å². The molecule has 1 N–H and O–H groups in total. The van der Waals surface area contributed by atoms with E-state index in [9.17, 15) is 5.11 Å². The summed E-state index contributed by atoms with van der Waals surface area (Å²) in [6.07, 6.45) is 7.23. The summed E-state index contributed by atoms with van der Waals surface area (Å²) in [5.41, 5.74) is 1.70. The van der Waals surface area contributed by atoms with Gasteiger partial charge >= 0.3 is 0 Å². The number of benzene rings is 2. The van der Waals surface area contributed by atoms with Crippen molar-refractivity contribution in [3.8, 4) is 11.5 Å². The number of aliphatic hydroxyl groups is 1. The zero-order valence-corrected chi connectivity index (χ0v) is 20.4. The lowest BCUT2D eigenvalue weighted by molar-refractivity contribution is -0.0168. The SMILES string of the molecule is Cc1ccc(OC[C@]2(O)CCCN(Cc3ccc(OCCCn4ccnc4C)cc3)CC2)cc1. The van der Waals surface area contributed by atoms with Crippen molar-refractivity contribution in [1.82, 2.24) is 14.5 Å². The summed E-state index contributed by atoms with van der Waals surface area (Å²) < 4.78 is 14.0. The van der Waals surface area contributed by atoms with Crippen molar-refractivity contribution in [2.75, 3.05) is 26.3 Å². The van der Waals surface area contributed by atoms with Gasteiger partial charge in [-0.3, -0.25) is 4.90 Å². The van der Waals surface area contributed by atoms with E-state index < -0.39 is 5.60 Å². The Kier molecular flexibility index (Phi) is 8.25. The number of aryl methyl sites for hydroxylation is 3. The predicted molar refractivity (Wildman–Crippen MR) is 134 cm³/mol. The number of likely N-dealkylation sites (tertiary alicyclic amines) is 1. The Bertz CT molecular complexity index is 1020.